The number of anilines is 1. The lowest BCUT2D eigenvalue weighted by Crippen LogP contribution is -2.46. The number of methoxy groups -OCH3 is 1. The molecule has 5 heteroatoms. The number of aromatic nitrogens is 2. The van der Waals surface area contributed by atoms with E-state index in [1.165, 1.54) is 22.9 Å². The molecule has 1 aromatic carbocycles. The predicted octanol–water partition coefficient (Wildman–Crippen LogP) is 3.33. The van der Waals surface area contributed by atoms with E-state index in [1.54, 1.807) is 13.3 Å². The molecule has 0 spiro atoms. The van der Waals surface area contributed by atoms with Gasteiger partial charge in [0.05, 0.1) is 19.0 Å². The van der Waals surface area contributed by atoms with Crippen molar-refractivity contribution in [3.63, 3.8) is 0 Å². The van der Waals surface area contributed by atoms with Gasteiger partial charge in [0.15, 0.2) is 5.75 Å². The monoisotopic (exact) mass is 350 g/mol. The van der Waals surface area contributed by atoms with E-state index in [0.717, 1.165) is 50.6 Å². The molecule has 5 nitrogen and oxygen atoms in total. The van der Waals surface area contributed by atoms with Gasteiger partial charge in [0.2, 0.25) is 0 Å². The van der Waals surface area contributed by atoms with Gasteiger partial charge in [-0.3, -0.25) is 9.88 Å². The zero-order valence-corrected chi connectivity index (χ0v) is 15.3. The van der Waals surface area contributed by atoms with E-state index >= 15 is 0 Å². The number of piperazine rings is 1. The molecule has 3 heterocycles. The number of rotatable bonds is 6. The first-order chi connectivity index (χ1) is 12.8. The second-order valence-corrected chi connectivity index (χ2v) is 6.84. The lowest BCUT2D eigenvalue weighted by Gasteiger charge is -2.36. The maximum atomic E-state index is 5.45. The van der Waals surface area contributed by atoms with Crippen molar-refractivity contribution in [2.75, 3.05) is 44.7 Å². The first-order valence-electron chi connectivity index (χ1n) is 9.35. The van der Waals surface area contributed by atoms with Crippen molar-refractivity contribution in [2.24, 2.45) is 0 Å². The molecule has 0 aliphatic carbocycles. The maximum Gasteiger partial charge on any atom is 0.160 e. The fourth-order valence-corrected chi connectivity index (χ4v) is 3.84. The molecule has 2 aromatic heterocycles. The molecule has 1 saturated heterocycles. The van der Waals surface area contributed by atoms with Gasteiger partial charge in [0, 0.05) is 49.5 Å². The Morgan fingerprint density at radius 1 is 1.12 bits per heavy atom. The van der Waals surface area contributed by atoms with Crippen molar-refractivity contribution in [2.45, 2.75) is 12.8 Å². The van der Waals surface area contributed by atoms with Crippen molar-refractivity contribution in [3.05, 3.63) is 54.5 Å². The zero-order chi connectivity index (χ0) is 17.8. The third-order valence-electron chi connectivity index (χ3n) is 5.29. The normalized spacial score (nSPS) is 15.5. The average Bonchev–Trinajstić information content (AvgIpc) is 3.12. The third kappa shape index (κ3) is 3.53. The summed E-state index contributed by atoms with van der Waals surface area (Å²) in [4.78, 5) is 12.5. The number of nitrogens with zero attached hydrogens (tertiary/aromatic N) is 3. The third-order valence-corrected chi connectivity index (χ3v) is 5.29. The predicted molar refractivity (Wildman–Crippen MR) is 106 cm³/mol. The summed E-state index contributed by atoms with van der Waals surface area (Å²) in [5, 5.41) is 1.36. The maximum absolute atomic E-state index is 5.45. The van der Waals surface area contributed by atoms with Crippen LogP contribution in [0.3, 0.4) is 0 Å². The molecular weight excluding hydrogens is 324 g/mol. The number of para-hydroxylation sites is 1. The molecule has 1 aliphatic rings. The van der Waals surface area contributed by atoms with Gasteiger partial charge in [0.1, 0.15) is 0 Å². The molecular formula is C21H26N4O. The van der Waals surface area contributed by atoms with Crippen LogP contribution in [0.15, 0.2) is 48.9 Å². The molecule has 1 fully saturated rings. The quantitative estimate of drug-likeness (QED) is 0.741. The Balaban J connectivity index is 1.28. The number of benzene rings is 1. The highest BCUT2D eigenvalue weighted by Gasteiger charge is 2.19. The van der Waals surface area contributed by atoms with Gasteiger partial charge in [0.25, 0.3) is 0 Å². The number of aryl methyl sites for hydroxylation is 1. The summed E-state index contributed by atoms with van der Waals surface area (Å²) in [7, 11) is 1.71. The Bertz CT molecular complexity index is 852. The van der Waals surface area contributed by atoms with Gasteiger partial charge in [-0.05, 0) is 37.1 Å². The summed E-state index contributed by atoms with van der Waals surface area (Å²) in [6, 6.07) is 10.6. The molecule has 1 N–H and O–H groups in total. The van der Waals surface area contributed by atoms with E-state index in [2.05, 4.69) is 50.2 Å². The molecule has 0 bridgehead atoms. The van der Waals surface area contributed by atoms with Crippen LogP contribution in [0.5, 0.6) is 5.75 Å². The van der Waals surface area contributed by atoms with Crippen molar-refractivity contribution in [3.8, 4) is 5.75 Å². The molecule has 26 heavy (non-hydrogen) atoms. The van der Waals surface area contributed by atoms with E-state index in [9.17, 15) is 0 Å². The van der Waals surface area contributed by atoms with Gasteiger partial charge in [-0.15, -0.1) is 0 Å². The second kappa shape index (κ2) is 7.79. The van der Waals surface area contributed by atoms with Crippen LogP contribution in [0.25, 0.3) is 10.9 Å². The Kier molecular flexibility index (Phi) is 5.07. The zero-order valence-electron chi connectivity index (χ0n) is 15.3. The summed E-state index contributed by atoms with van der Waals surface area (Å²) in [5.74, 6) is 0.861. The number of H-pyrrole nitrogens is 1. The van der Waals surface area contributed by atoms with Gasteiger partial charge < -0.3 is 14.6 Å². The summed E-state index contributed by atoms with van der Waals surface area (Å²) >= 11 is 0. The van der Waals surface area contributed by atoms with E-state index in [0.29, 0.717) is 0 Å². The van der Waals surface area contributed by atoms with E-state index in [1.807, 2.05) is 12.3 Å². The van der Waals surface area contributed by atoms with Crippen LogP contribution < -0.4 is 9.64 Å². The van der Waals surface area contributed by atoms with Gasteiger partial charge in [-0.1, -0.05) is 18.2 Å². The Morgan fingerprint density at radius 2 is 1.96 bits per heavy atom. The van der Waals surface area contributed by atoms with Crippen LogP contribution in [0.2, 0.25) is 0 Å². The minimum atomic E-state index is 0.861. The lowest BCUT2D eigenvalue weighted by atomic mass is 10.1. The minimum absolute atomic E-state index is 0.861. The summed E-state index contributed by atoms with van der Waals surface area (Å²) in [6.45, 7) is 5.42. The largest absolute Gasteiger partial charge is 0.493 e. The second-order valence-electron chi connectivity index (χ2n) is 6.84. The van der Waals surface area contributed by atoms with E-state index in [4.69, 9.17) is 4.74 Å². The highest BCUT2D eigenvalue weighted by molar-refractivity contribution is 5.83. The first-order valence-corrected chi connectivity index (χ1v) is 9.35. The molecule has 0 atom stereocenters. The van der Waals surface area contributed by atoms with Crippen LogP contribution in [-0.4, -0.2) is 54.7 Å². The van der Waals surface area contributed by atoms with Crippen molar-refractivity contribution in [1.82, 2.24) is 14.9 Å². The van der Waals surface area contributed by atoms with Crippen LogP contribution in [0.1, 0.15) is 12.0 Å². The van der Waals surface area contributed by atoms with Crippen LogP contribution in [0, 0.1) is 0 Å². The van der Waals surface area contributed by atoms with E-state index in [-0.39, 0.29) is 0 Å². The fraction of sp³-hybridized carbons (Fsp3) is 0.381. The van der Waals surface area contributed by atoms with Crippen molar-refractivity contribution < 1.29 is 4.74 Å². The smallest absolute Gasteiger partial charge is 0.160 e. The molecule has 1 aliphatic heterocycles. The minimum Gasteiger partial charge on any atom is -0.493 e. The SMILES string of the molecule is COc1cnccc1N1CCN(CCCc2c[nH]c3ccccc23)CC1. The van der Waals surface area contributed by atoms with Gasteiger partial charge in [-0.2, -0.15) is 0 Å². The fourth-order valence-electron chi connectivity index (χ4n) is 3.84. The standard InChI is InChI=1S/C21H26N4O/c1-26-21-16-22-9-8-20(21)25-13-11-24(12-14-25)10-4-5-17-15-23-19-7-3-2-6-18(17)19/h2-3,6-9,15-16,23H,4-5,10-14H2,1H3. The highest BCUT2D eigenvalue weighted by atomic mass is 16.5. The number of fused-ring (bicyclic) bond motifs is 1. The summed E-state index contributed by atoms with van der Waals surface area (Å²) in [6.07, 6.45) is 8.12. The molecule has 0 saturated carbocycles. The Labute approximate surface area is 154 Å². The number of hydrogen-bond donors (Lipinski definition) is 1. The topological polar surface area (TPSA) is 44.4 Å². The van der Waals surface area contributed by atoms with Crippen LogP contribution in [-0.2, 0) is 6.42 Å². The number of nitrogens with one attached hydrogen (secondary N) is 1. The molecule has 136 valence electrons. The van der Waals surface area contributed by atoms with Gasteiger partial charge >= 0.3 is 0 Å². The van der Waals surface area contributed by atoms with Crippen LogP contribution in [0.4, 0.5) is 5.69 Å². The molecule has 4 rings (SSSR count). The molecule has 0 unspecified atom stereocenters. The number of ether oxygens (including phenoxy) is 1. The first kappa shape index (κ1) is 16.9. The summed E-state index contributed by atoms with van der Waals surface area (Å²) < 4.78 is 5.45. The number of hydrogen-bond acceptors (Lipinski definition) is 4. The van der Waals surface area contributed by atoms with Gasteiger partial charge in [-0.25, -0.2) is 0 Å². The van der Waals surface area contributed by atoms with Crippen molar-refractivity contribution >= 4 is 16.6 Å². The molecule has 0 amide bonds. The van der Waals surface area contributed by atoms with Crippen LogP contribution >= 0.6 is 0 Å². The van der Waals surface area contributed by atoms with E-state index < -0.39 is 0 Å². The lowest BCUT2D eigenvalue weighted by molar-refractivity contribution is 0.254. The average molecular weight is 350 g/mol. The van der Waals surface area contributed by atoms with Crippen molar-refractivity contribution in [1.29, 1.82) is 0 Å². The number of aromatic amines is 1. The summed E-state index contributed by atoms with van der Waals surface area (Å²) in [5.41, 5.74) is 3.82. The molecule has 3 aromatic rings. The molecule has 0 radical (unpaired) electrons. The Hall–Kier alpha value is -2.53. The number of pyridine rings is 1. The Morgan fingerprint density at radius 3 is 2.81 bits per heavy atom. The highest BCUT2D eigenvalue weighted by Crippen LogP contribution is 2.27.